The molecule has 25 heavy (non-hydrogen) atoms. The fourth-order valence-electron chi connectivity index (χ4n) is 2.64. The van der Waals surface area contributed by atoms with Crippen LogP contribution in [-0.4, -0.2) is 46.2 Å². The number of anilines is 3. The van der Waals surface area contributed by atoms with Crippen LogP contribution in [0.25, 0.3) is 0 Å². The lowest BCUT2D eigenvalue weighted by Gasteiger charge is -2.16. The number of rotatable bonds is 4. The van der Waals surface area contributed by atoms with Crippen molar-refractivity contribution in [1.29, 1.82) is 0 Å². The normalized spacial score (nSPS) is 16.5. The number of carbonyl (C=O) groups excluding carboxylic acids is 1. The molecule has 9 nitrogen and oxygen atoms in total. The summed E-state index contributed by atoms with van der Waals surface area (Å²) in [5, 5.41) is 13.9. The van der Waals surface area contributed by atoms with E-state index in [0.29, 0.717) is 42.4 Å². The summed E-state index contributed by atoms with van der Waals surface area (Å²) < 4.78 is 0. The third kappa shape index (κ3) is 3.94. The summed E-state index contributed by atoms with van der Waals surface area (Å²) in [7, 11) is 0. The molecule has 1 aliphatic rings. The lowest BCUT2D eigenvalue weighted by molar-refractivity contribution is 0.102. The van der Waals surface area contributed by atoms with Crippen LogP contribution in [-0.2, 0) is 0 Å². The minimum Gasteiger partial charge on any atom is -0.465 e. The van der Waals surface area contributed by atoms with Crippen LogP contribution in [0.1, 0.15) is 16.8 Å². The van der Waals surface area contributed by atoms with Gasteiger partial charge in [-0.2, -0.15) is 0 Å². The van der Waals surface area contributed by atoms with Crippen LogP contribution in [0, 0.1) is 0 Å². The number of carboxylic acid groups (broad SMARTS) is 1. The lowest BCUT2D eigenvalue weighted by Crippen LogP contribution is -2.36. The Balaban J connectivity index is 1.63. The second-order valence-corrected chi connectivity index (χ2v) is 5.69. The number of nitrogens with one attached hydrogen (secondary N) is 2. The Morgan fingerprint density at radius 3 is 2.64 bits per heavy atom. The van der Waals surface area contributed by atoms with E-state index in [1.807, 2.05) is 4.90 Å². The maximum atomic E-state index is 12.2. The average molecular weight is 342 g/mol. The van der Waals surface area contributed by atoms with E-state index in [0.717, 1.165) is 0 Å². The molecule has 9 heteroatoms. The van der Waals surface area contributed by atoms with Crippen molar-refractivity contribution in [3.05, 3.63) is 42.2 Å². The molecule has 1 unspecified atom stereocenters. The van der Waals surface area contributed by atoms with Crippen molar-refractivity contribution in [3.8, 4) is 0 Å². The van der Waals surface area contributed by atoms with Gasteiger partial charge in [0.15, 0.2) is 0 Å². The summed E-state index contributed by atoms with van der Waals surface area (Å²) in [6.45, 7) is 1.15. The maximum absolute atomic E-state index is 12.2. The van der Waals surface area contributed by atoms with Gasteiger partial charge in [0.1, 0.15) is 0 Å². The summed E-state index contributed by atoms with van der Waals surface area (Å²) in [4.78, 5) is 33.2. The average Bonchev–Trinajstić information content (AvgIpc) is 3.05. The predicted octanol–water partition coefficient (Wildman–Crippen LogP) is 1.16. The first-order valence-electron chi connectivity index (χ1n) is 7.75. The second kappa shape index (κ2) is 7.04. The SMILES string of the molecule is Nc1ccccc1NC(=O)c1cnc(N2CCC(NC(=O)O)C2)nc1. The van der Waals surface area contributed by atoms with Crippen molar-refractivity contribution in [2.75, 3.05) is 29.0 Å². The summed E-state index contributed by atoms with van der Waals surface area (Å²) in [6, 6.07) is 6.82. The van der Waals surface area contributed by atoms with Gasteiger partial charge in [-0.3, -0.25) is 4.79 Å². The molecule has 0 radical (unpaired) electrons. The molecule has 0 aliphatic carbocycles. The van der Waals surface area contributed by atoms with E-state index in [9.17, 15) is 9.59 Å². The minimum absolute atomic E-state index is 0.148. The Bertz CT molecular complexity index is 780. The molecule has 1 fully saturated rings. The maximum Gasteiger partial charge on any atom is 0.404 e. The number of amides is 2. The van der Waals surface area contributed by atoms with Crippen LogP contribution >= 0.6 is 0 Å². The van der Waals surface area contributed by atoms with Crippen molar-refractivity contribution in [3.63, 3.8) is 0 Å². The number of carbonyl (C=O) groups is 2. The molecule has 1 atom stereocenters. The highest BCUT2D eigenvalue weighted by molar-refractivity contribution is 6.05. The molecule has 130 valence electrons. The smallest absolute Gasteiger partial charge is 0.404 e. The fourth-order valence-corrected chi connectivity index (χ4v) is 2.64. The molecule has 0 spiro atoms. The third-order valence-corrected chi connectivity index (χ3v) is 3.91. The van der Waals surface area contributed by atoms with Crippen LogP contribution in [0.5, 0.6) is 0 Å². The number of nitrogens with two attached hydrogens (primary N) is 1. The van der Waals surface area contributed by atoms with Gasteiger partial charge >= 0.3 is 6.09 Å². The predicted molar refractivity (Wildman–Crippen MR) is 92.6 cm³/mol. The second-order valence-electron chi connectivity index (χ2n) is 5.69. The van der Waals surface area contributed by atoms with Gasteiger partial charge in [-0.25, -0.2) is 14.8 Å². The summed E-state index contributed by atoms with van der Waals surface area (Å²) in [5.41, 5.74) is 7.11. The summed E-state index contributed by atoms with van der Waals surface area (Å²) in [5.74, 6) is 0.113. The number of hydrogen-bond acceptors (Lipinski definition) is 6. The number of nitrogen functional groups attached to an aromatic ring is 1. The van der Waals surface area contributed by atoms with Crippen LogP contribution in [0.2, 0.25) is 0 Å². The first-order chi connectivity index (χ1) is 12.0. The van der Waals surface area contributed by atoms with Gasteiger partial charge in [0.25, 0.3) is 5.91 Å². The molecular weight excluding hydrogens is 324 g/mol. The Labute approximate surface area is 143 Å². The fraction of sp³-hybridized carbons (Fsp3) is 0.250. The molecule has 0 saturated carbocycles. The molecule has 2 heterocycles. The molecule has 1 aromatic heterocycles. The van der Waals surface area contributed by atoms with Gasteiger partial charge in [-0.1, -0.05) is 12.1 Å². The van der Waals surface area contributed by atoms with Gasteiger partial charge in [0.05, 0.1) is 23.0 Å². The van der Waals surface area contributed by atoms with Crippen LogP contribution < -0.4 is 21.3 Å². The summed E-state index contributed by atoms with van der Waals surface area (Å²) >= 11 is 0. The van der Waals surface area contributed by atoms with E-state index < -0.39 is 6.09 Å². The molecule has 5 N–H and O–H groups in total. The first kappa shape index (κ1) is 16.5. The molecular formula is C16H18N6O3. The van der Waals surface area contributed by atoms with Crippen LogP contribution in [0.3, 0.4) is 0 Å². The highest BCUT2D eigenvalue weighted by Gasteiger charge is 2.25. The molecule has 1 aromatic carbocycles. The highest BCUT2D eigenvalue weighted by atomic mass is 16.4. The van der Waals surface area contributed by atoms with Gasteiger partial charge in [-0.15, -0.1) is 0 Å². The van der Waals surface area contributed by atoms with Crippen molar-refractivity contribution >= 4 is 29.3 Å². The van der Waals surface area contributed by atoms with E-state index in [2.05, 4.69) is 20.6 Å². The molecule has 1 saturated heterocycles. The van der Waals surface area contributed by atoms with Crippen LogP contribution in [0.4, 0.5) is 22.1 Å². The van der Waals surface area contributed by atoms with E-state index in [4.69, 9.17) is 10.8 Å². The largest absolute Gasteiger partial charge is 0.465 e. The molecule has 0 bridgehead atoms. The Morgan fingerprint density at radius 1 is 1.24 bits per heavy atom. The third-order valence-electron chi connectivity index (χ3n) is 3.91. The number of para-hydroxylation sites is 2. The van der Waals surface area contributed by atoms with Crippen molar-refractivity contribution < 1.29 is 14.7 Å². The molecule has 2 aromatic rings. The lowest BCUT2D eigenvalue weighted by atomic mass is 10.2. The van der Waals surface area contributed by atoms with E-state index in [1.54, 1.807) is 24.3 Å². The van der Waals surface area contributed by atoms with Gasteiger partial charge in [0, 0.05) is 25.5 Å². The Hall–Kier alpha value is -3.36. The number of benzene rings is 1. The summed E-state index contributed by atoms with van der Waals surface area (Å²) in [6.07, 6.45) is 2.52. The van der Waals surface area contributed by atoms with E-state index in [-0.39, 0.29) is 11.9 Å². The van der Waals surface area contributed by atoms with Crippen molar-refractivity contribution in [2.45, 2.75) is 12.5 Å². The first-order valence-corrected chi connectivity index (χ1v) is 7.75. The molecule has 2 amide bonds. The Kier molecular flexibility index (Phi) is 4.64. The monoisotopic (exact) mass is 342 g/mol. The van der Waals surface area contributed by atoms with Gasteiger partial charge < -0.3 is 26.4 Å². The number of aromatic nitrogens is 2. The molecule has 3 rings (SSSR count). The van der Waals surface area contributed by atoms with Crippen LogP contribution in [0.15, 0.2) is 36.7 Å². The number of hydrogen-bond donors (Lipinski definition) is 4. The Morgan fingerprint density at radius 2 is 1.96 bits per heavy atom. The quantitative estimate of drug-likeness (QED) is 0.613. The zero-order valence-electron chi connectivity index (χ0n) is 13.3. The van der Waals surface area contributed by atoms with Crippen molar-refractivity contribution in [2.24, 2.45) is 0 Å². The van der Waals surface area contributed by atoms with E-state index in [1.165, 1.54) is 12.4 Å². The zero-order chi connectivity index (χ0) is 17.8. The zero-order valence-corrected chi connectivity index (χ0v) is 13.3. The topological polar surface area (TPSA) is 133 Å². The number of nitrogens with zero attached hydrogens (tertiary/aromatic N) is 3. The minimum atomic E-state index is -1.04. The molecule has 1 aliphatic heterocycles. The van der Waals surface area contributed by atoms with E-state index >= 15 is 0 Å². The van der Waals surface area contributed by atoms with Gasteiger partial charge in [-0.05, 0) is 18.6 Å². The van der Waals surface area contributed by atoms with Crippen molar-refractivity contribution in [1.82, 2.24) is 15.3 Å². The highest BCUT2D eigenvalue weighted by Crippen LogP contribution is 2.19. The van der Waals surface area contributed by atoms with Gasteiger partial charge in [0.2, 0.25) is 5.95 Å². The standard InChI is InChI=1S/C16H18N6O3/c17-12-3-1-2-4-13(12)21-14(23)10-7-18-15(19-8-10)22-6-5-11(9-22)20-16(24)25/h1-4,7-8,11,20H,5-6,9,17H2,(H,21,23)(H,24,25).